The average molecular weight is 406 g/mol. The van der Waals surface area contributed by atoms with Crippen LogP contribution in [-0.2, 0) is 4.79 Å². The van der Waals surface area contributed by atoms with Crippen molar-refractivity contribution in [3.05, 3.63) is 34.1 Å². The van der Waals surface area contributed by atoms with Gasteiger partial charge >= 0.3 is 0 Å². The number of nitro groups is 1. The fraction of sp³-hybridized carbons (Fsp3) is 0.471. The highest BCUT2D eigenvalue weighted by atomic mass is 32.2. The van der Waals surface area contributed by atoms with Crippen molar-refractivity contribution in [1.29, 1.82) is 0 Å². The molecule has 2 fully saturated rings. The van der Waals surface area contributed by atoms with Crippen LogP contribution in [0.25, 0.3) is 0 Å². The van der Waals surface area contributed by atoms with E-state index in [4.69, 9.17) is 0 Å². The minimum absolute atomic E-state index is 0.00693. The second-order valence-electron chi connectivity index (χ2n) is 6.84. The molecule has 0 atom stereocenters. The molecule has 1 amide bonds. The first-order valence-electron chi connectivity index (χ1n) is 9.09. The topological polar surface area (TPSA) is 106 Å². The lowest BCUT2D eigenvalue weighted by Crippen LogP contribution is -2.22. The summed E-state index contributed by atoms with van der Waals surface area (Å²) < 4.78 is 15.9. The first-order valence-corrected chi connectivity index (χ1v) is 10.1. The number of benzene rings is 1. The summed E-state index contributed by atoms with van der Waals surface area (Å²) in [7, 11) is 0. The molecular weight excluding hydrogens is 387 g/mol. The maximum absolute atomic E-state index is 13.8. The lowest BCUT2D eigenvalue weighted by molar-refractivity contribution is -0.384. The van der Waals surface area contributed by atoms with Crippen LogP contribution in [0.3, 0.4) is 0 Å². The normalized spacial score (nSPS) is 16.4. The summed E-state index contributed by atoms with van der Waals surface area (Å²) in [6, 6.07) is 3.39. The monoisotopic (exact) mass is 406 g/mol. The van der Waals surface area contributed by atoms with Gasteiger partial charge in [-0.2, -0.15) is 0 Å². The Balaban J connectivity index is 1.43. The fourth-order valence-corrected chi connectivity index (χ4v) is 3.99. The van der Waals surface area contributed by atoms with Gasteiger partial charge in [0.05, 0.1) is 16.4 Å². The molecule has 0 bridgehead atoms. The van der Waals surface area contributed by atoms with Crippen molar-refractivity contribution < 1.29 is 14.1 Å². The second kappa shape index (κ2) is 7.74. The zero-order valence-electron chi connectivity index (χ0n) is 15.0. The summed E-state index contributed by atoms with van der Waals surface area (Å²) in [6.07, 6.45) is 4.41. The number of nitrogens with one attached hydrogen (secondary N) is 1. The Hall–Kier alpha value is -2.69. The van der Waals surface area contributed by atoms with Gasteiger partial charge in [0, 0.05) is 31.3 Å². The number of nitro benzene ring substituents is 1. The molecule has 1 aromatic heterocycles. The molecule has 2 aliphatic rings. The molecule has 11 heteroatoms. The molecule has 0 radical (unpaired) electrons. The van der Waals surface area contributed by atoms with E-state index >= 15 is 0 Å². The molecule has 148 valence electrons. The van der Waals surface area contributed by atoms with Crippen LogP contribution in [-0.4, -0.2) is 44.4 Å². The molecule has 0 unspecified atom stereocenters. The summed E-state index contributed by atoms with van der Waals surface area (Å²) in [5.41, 5.74) is -0.491. The first-order chi connectivity index (χ1) is 13.5. The number of hydrogen-bond acceptors (Lipinski definition) is 7. The van der Waals surface area contributed by atoms with Gasteiger partial charge in [0.15, 0.2) is 5.16 Å². The maximum Gasteiger partial charge on any atom is 0.271 e. The molecule has 1 aromatic carbocycles. The van der Waals surface area contributed by atoms with Crippen LogP contribution in [0.2, 0.25) is 0 Å². The summed E-state index contributed by atoms with van der Waals surface area (Å²) in [6.45, 7) is 1.92. The van der Waals surface area contributed by atoms with E-state index in [9.17, 15) is 19.3 Å². The van der Waals surface area contributed by atoms with Crippen molar-refractivity contribution in [2.75, 3.05) is 29.1 Å². The van der Waals surface area contributed by atoms with Crippen molar-refractivity contribution in [2.45, 2.75) is 36.9 Å². The van der Waals surface area contributed by atoms with E-state index < -0.39 is 16.6 Å². The minimum atomic E-state index is -0.721. The van der Waals surface area contributed by atoms with Gasteiger partial charge in [-0.1, -0.05) is 11.8 Å². The predicted molar refractivity (Wildman–Crippen MR) is 102 cm³/mol. The molecule has 0 spiro atoms. The SMILES string of the molecule is O=C(CSc1nnc(N2CCCC2)n1C1CC1)Nc1cc([N+](=O)[O-])ccc1F. The Morgan fingerprint density at radius 3 is 2.75 bits per heavy atom. The fourth-order valence-electron chi connectivity index (χ4n) is 3.19. The number of aromatic nitrogens is 3. The number of thioether (sulfide) groups is 1. The Bertz CT molecular complexity index is 910. The van der Waals surface area contributed by atoms with Crippen LogP contribution in [0.15, 0.2) is 23.4 Å². The Morgan fingerprint density at radius 1 is 1.32 bits per heavy atom. The van der Waals surface area contributed by atoms with Gasteiger partial charge in [-0.05, 0) is 31.7 Å². The van der Waals surface area contributed by atoms with E-state index in [0.29, 0.717) is 11.2 Å². The number of carbonyl (C=O) groups excluding carboxylic acids is 1. The highest BCUT2D eigenvalue weighted by Gasteiger charge is 2.32. The number of carbonyl (C=O) groups is 1. The molecule has 28 heavy (non-hydrogen) atoms. The zero-order valence-corrected chi connectivity index (χ0v) is 15.8. The zero-order chi connectivity index (χ0) is 19.7. The van der Waals surface area contributed by atoms with E-state index in [0.717, 1.165) is 62.9 Å². The van der Waals surface area contributed by atoms with Crippen molar-refractivity contribution in [1.82, 2.24) is 14.8 Å². The van der Waals surface area contributed by atoms with Crippen molar-refractivity contribution >= 4 is 35.0 Å². The van der Waals surface area contributed by atoms with Gasteiger partial charge in [0.2, 0.25) is 11.9 Å². The number of rotatable bonds is 7. The molecule has 2 aromatic rings. The number of hydrogen-bond donors (Lipinski definition) is 1. The van der Waals surface area contributed by atoms with E-state index in [1.165, 1.54) is 11.8 Å². The van der Waals surface area contributed by atoms with Gasteiger partial charge in [-0.15, -0.1) is 10.2 Å². The van der Waals surface area contributed by atoms with Crippen LogP contribution < -0.4 is 10.2 Å². The average Bonchev–Trinajstić information content (AvgIpc) is 3.18. The number of halogens is 1. The second-order valence-corrected chi connectivity index (χ2v) is 7.78. The van der Waals surface area contributed by atoms with Crippen molar-refractivity contribution in [3.63, 3.8) is 0 Å². The maximum atomic E-state index is 13.8. The summed E-state index contributed by atoms with van der Waals surface area (Å²) >= 11 is 1.23. The number of nitrogens with zero attached hydrogens (tertiary/aromatic N) is 5. The van der Waals surface area contributed by atoms with Gasteiger partial charge in [0.25, 0.3) is 5.69 Å². The number of anilines is 2. The number of amides is 1. The Kier molecular flexibility index (Phi) is 5.16. The van der Waals surface area contributed by atoms with Crippen molar-refractivity contribution in [3.8, 4) is 0 Å². The largest absolute Gasteiger partial charge is 0.341 e. The molecule has 4 rings (SSSR count). The van der Waals surface area contributed by atoms with E-state index in [1.54, 1.807) is 0 Å². The van der Waals surface area contributed by atoms with Gasteiger partial charge in [-0.3, -0.25) is 19.5 Å². The van der Waals surface area contributed by atoms with E-state index in [-0.39, 0.29) is 17.1 Å². The van der Waals surface area contributed by atoms with Crippen LogP contribution in [0.1, 0.15) is 31.7 Å². The van der Waals surface area contributed by atoms with Crippen LogP contribution in [0.4, 0.5) is 21.7 Å². The third-order valence-electron chi connectivity index (χ3n) is 4.71. The molecular formula is C17H19FN6O3S. The highest BCUT2D eigenvalue weighted by molar-refractivity contribution is 7.99. The van der Waals surface area contributed by atoms with Crippen LogP contribution in [0, 0.1) is 15.9 Å². The third-order valence-corrected chi connectivity index (χ3v) is 5.66. The lowest BCUT2D eigenvalue weighted by atomic mass is 10.2. The third kappa shape index (κ3) is 3.93. The molecule has 1 saturated carbocycles. The van der Waals surface area contributed by atoms with E-state index in [2.05, 4.69) is 25.0 Å². The summed E-state index contributed by atoms with van der Waals surface area (Å²) in [4.78, 5) is 24.6. The number of non-ortho nitro benzene ring substituents is 1. The summed E-state index contributed by atoms with van der Waals surface area (Å²) in [5, 5.41) is 22.4. The lowest BCUT2D eigenvalue weighted by Gasteiger charge is -2.17. The smallest absolute Gasteiger partial charge is 0.271 e. The van der Waals surface area contributed by atoms with Crippen molar-refractivity contribution in [2.24, 2.45) is 0 Å². The molecule has 1 aliphatic heterocycles. The standard InChI is InChI=1S/C17H19FN6O3S/c18-13-6-5-12(24(26)27)9-14(13)19-15(25)10-28-17-21-20-16(22-7-1-2-8-22)23(17)11-3-4-11/h5-6,9,11H,1-4,7-8,10H2,(H,19,25). The first kappa shape index (κ1) is 18.7. The summed E-state index contributed by atoms with van der Waals surface area (Å²) in [5.74, 6) is -0.320. The molecule has 2 heterocycles. The van der Waals surface area contributed by atoms with E-state index in [1.807, 2.05) is 0 Å². The molecule has 1 saturated heterocycles. The Labute approximate surface area is 164 Å². The minimum Gasteiger partial charge on any atom is -0.341 e. The molecule has 1 N–H and O–H groups in total. The van der Waals surface area contributed by atoms with Gasteiger partial charge in [-0.25, -0.2) is 4.39 Å². The Morgan fingerprint density at radius 2 is 2.07 bits per heavy atom. The molecule has 9 nitrogen and oxygen atoms in total. The van der Waals surface area contributed by atoms with Crippen LogP contribution >= 0.6 is 11.8 Å². The predicted octanol–water partition coefficient (Wildman–Crippen LogP) is 2.99. The highest BCUT2D eigenvalue weighted by Crippen LogP contribution is 2.41. The molecule has 1 aliphatic carbocycles. The van der Waals surface area contributed by atoms with Crippen LogP contribution in [0.5, 0.6) is 0 Å². The van der Waals surface area contributed by atoms with Gasteiger partial charge in [0.1, 0.15) is 5.82 Å². The van der Waals surface area contributed by atoms with Gasteiger partial charge < -0.3 is 10.2 Å². The quantitative estimate of drug-likeness (QED) is 0.428.